The summed E-state index contributed by atoms with van der Waals surface area (Å²) in [7, 11) is 0. The number of piperidine rings is 1. The number of rotatable bonds is 9. The molecule has 2 aromatic rings. The molecule has 6 nitrogen and oxygen atoms in total. The molecular weight excluding hydrogens is 412 g/mol. The zero-order valence-corrected chi connectivity index (χ0v) is 19.5. The van der Waals surface area contributed by atoms with Crippen LogP contribution in [0.5, 0.6) is 0 Å². The molecule has 0 saturated carbocycles. The third kappa shape index (κ3) is 6.42. The molecule has 1 N–H and O–H groups in total. The maximum Gasteiger partial charge on any atom is 0.259 e. The molecule has 2 fully saturated rings. The summed E-state index contributed by atoms with van der Waals surface area (Å²) in [5.74, 6) is -0.218. The van der Waals surface area contributed by atoms with E-state index in [9.17, 15) is 9.59 Å². The Kier molecular flexibility index (Phi) is 8.50. The van der Waals surface area contributed by atoms with Crippen LogP contribution in [0, 0.1) is 0 Å². The average Bonchev–Trinajstić information content (AvgIpc) is 3.39. The summed E-state index contributed by atoms with van der Waals surface area (Å²) in [6, 6.07) is 18.3. The number of carbonyl (C=O) groups is 2. The Morgan fingerprint density at radius 3 is 2.03 bits per heavy atom. The van der Waals surface area contributed by atoms with Crippen LogP contribution in [0.15, 0.2) is 60.7 Å². The van der Waals surface area contributed by atoms with Gasteiger partial charge >= 0.3 is 0 Å². The minimum absolute atomic E-state index is 0.0768. The zero-order chi connectivity index (χ0) is 22.9. The Morgan fingerprint density at radius 2 is 1.36 bits per heavy atom. The molecule has 4 rings (SSSR count). The largest absolute Gasteiger partial charge is 0.353 e. The summed E-state index contributed by atoms with van der Waals surface area (Å²) in [6.45, 7) is 6.17. The lowest BCUT2D eigenvalue weighted by Crippen LogP contribution is -2.55. The van der Waals surface area contributed by atoms with E-state index in [1.165, 1.54) is 19.3 Å². The second-order valence-corrected chi connectivity index (χ2v) is 9.09. The molecule has 2 aliphatic heterocycles. The normalized spacial score (nSPS) is 18.1. The number of benzene rings is 2. The van der Waals surface area contributed by atoms with Crippen LogP contribution in [0.1, 0.15) is 42.5 Å². The fourth-order valence-corrected chi connectivity index (χ4v) is 4.88. The molecule has 2 aromatic carbocycles. The van der Waals surface area contributed by atoms with E-state index in [1.54, 1.807) is 4.90 Å². The Bertz CT molecular complexity index is 878. The van der Waals surface area contributed by atoms with Crippen molar-refractivity contribution in [2.45, 2.75) is 38.1 Å². The first-order chi connectivity index (χ1) is 16.2. The number of nitrogens with one attached hydrogen (secondary N) is 1. The molecule has 2 heterocycles. The molecule has 0 aromatic heterocycles. The molecule has 0 aliphatic carbocycles. The van der Waals surface area contributed by atoms with Gasteiger partial charge in [-0.15, -0.1) is 0 Å². The minimum atomic E-state index is -0.584. The molecule has 2 amide bonds. The fourth-order valence-electron chi connectivity index (χ4n) is 4.88. The van der Waals surface area contributed by atoms with Crippen LogP contribution in [0.4, 0.5) is 5.69 Å². The van der Waals surface area contributed by atoms with Gasteiger partial charge in [0.15, 0.2) is 0 Å². The number of hydrogen-bond acceptors (Lipinski definition) is 4. The maximum atomic E-state index is 13.7. The summed E-state index contributed by atoms with van der Waals surface area (Å²) >= 11 is 0. The van der Waals surface area contributed by atoms with Gasteiger partial charge in [0, 0.05) is 30.9 Å². The van der Waals surface area contributed by atoms with Crippen molar-refractivity contribution in [2.24, 2.45) is 0 Å². The van der Waals surface area contributed by atoms with Crippen molar-refractivity contribution in [3.63, 3.8) is 0 Å². The first-order valence-electron chi connectivity index (χ1n) is 12.4. The molecule has 1 atom stereocenters. The molecule has 1 unspecified atom stereocenters. The highest BCUT2D eigenvalue weighted by atomic mass is 16.2. The topological polar surface area (TPSA) is 55.9 Å². The summed E-state index contributed by atoms with van der Waals surface area (Å²) in [6.07, 6.45) is 6.05. The van der Waals surface area contributed by atoms with Gasteiger partial charge in [-0.1, -0.05) is 42.8 Å². The van der Waals surface area contributed by atoms with E-state index >= 15 is 0 Å². The minimum Gasteiger partial charge on any atom is -0.353 e. The molecule has 33 heavy (non-hydrogen) atoms. The monoisotopic (exact) mass is 448 g/mol. The second-order valence-electron chi connectivity index (χ2n) is 9.09. The third-order valence-electron chi connectivity index (χ3n) is 6.69. The van der Waals surface area contributed by atoms with Crippen LogP contribution in [-0.4, -0.2) is 73.5 Å². The lowest BCUT2D eigenvalue weighted by molar-refractivity contribution is -0.122. The van der Waals surface area contributed by atoms with Gasteiger partial charge in [-0.05, 0) is 76.1 Å². The van der Waals surface area contributed by atoms with E-state index in [1.807, 2.05) is 60.7 Å². The Labute approximate surface area is 197 Å². The summed E-state index contributed by atoms with van der Waals surface area (Å²) < 4.78 is 0. The van der Waals surface area contributed by atoms with Crippen molar-refractivity contribution in [1.82, 2.24) is 15.1 Å². The highest BCUT2D eigenvalue weighted by molar-refractivity contribution is 6.10. The molecule has 176 valence electrons. The van der Waals surface area contributed by atoms with Gasteiger partial charge in [0.05, 0.1) is 0 Å². The van der Waals surface area contributed by atoms with Gasteiger partial charge in [0.25, 0.3) is 5.91 Å². The highest BCUT2D eigenvalue weighted by Crippen LogP contribution is 2.22. The quantitative estimate of drug-likeness (QED) is 0.639. The predicted molar refractivity (Wildman–Crippen MR) is 132 cm³/mol. The van der Waals surface area contributed by atoms with Crippen molar-refractivity contribution in [1.29, 1.82) is 0 Å². The van der Waals surface area contributed by atoms with Gasteiger partial charge in [0.1, 0.15) is 6.04 Å². The van der Waals surface area contributed by atoms with Crippen molar-refractivity contribution >= 4 is 17.5 Å². The maximum absolute atomic E-state index is 13.7. The van der Waals surface area contributed by atoms with E-state index in [0.717, 1.165) is 51.3 Å². The van der Waals surface area contributed by atoms with Crippen LogP contribution < -0.4 is 10.2 Å². The first kappa shape index (κ1) is 23.5. The Hall–Kier alpha value is -2.70. The molecule has 0 bridgehead atoms. The first-order valence-corrected chi connectivity index (χ1v) is 12.4. The lowest BCUT2D eigenvalue weighted by Gasteiger charge is -2.34. The molecule has 2 saturated heterocycles. The third-order valence-corrected chi connectivity index (χ3v) is 6.69. The summed E-state index contributed by atoms with van der Waals surface area (Å²) in [4.78, 5) is 33.7. The van der Waals surface area contributed by atoms with E-state index in [4.69, 9.17) is 0 Å². The van der Waals surface area contributed by atoms with Crippen LogP contribution in [0.3, 0.4) is 0 Å². The van der Waals surface area contributed by atoms with Gasteiger partial charge in [-0.3, -0.25) is 14.5 Å². The highest BCUT2D eigenvalue weighted by Gasteiger charge is 2.34. The number of nitrogens with zero attached hydrogens (tertiary/aromatic N) is 3. The van der Waals surface area contributed by atoms with Crippen LogP contribution >= 0.6 is 0 Å². The van der Waals surface area contributed by atoms with Gasteiger partial charge in [-0.25, -0.2) is 0 Å². The standard InChI is InChI=1S/C27H36N4O2/c32-26(28-16-21-29-17-8-3-9-18-29)25(22-30-19-10-11-20-30)31(24-14-6-2-7-15-24)27(33)23-12-4-1-5-13-23/h1-2,4-7,12-15,25H,3,8-11,16-22H2,(H,28,32). The number of hydrogen-bond donors (Lipinski definition) is 1. The average molecular weight is 449 g/mol. The van der Waals surface area contributed by atoms with E-state index in [0.29, 0.717) is 18.7 Å². The summed E-state index contributed by atoms with van der Waals surface area (Å²) in [5, 5.41) is 3.16. The van der Waals surface area contributed by atoms with E-state index in [-0.39, 0.29) is 11.8 Å². The lowest BCUT2D eigenvalue weighted by atomic mass is 10.1. The summed E-state index contributed by atoms with van der Waals surface area (Å²) in [5.41, 5.74) is 1.34. The van der Waals surface area contributed by atoms with Crippen LogP contribution in [0.2, 0.25) is 0 Å². The number of para-hydroxylation sites is 1. The zero-order valence-electron chi connectivity index (χ0n) is 19.5. The van der Waals surface area contributed by atoms with Crippen LogP contribution in [-0.2, 0) is 4.79 Å². The smallest absolute Gasteiger partial charge is 0.259 e. The van der Waals surface area contributed by atoms with Crippen molar-refractivity contribution in [3.05, 3.63) is 66.2 Å². The van der Waals surface area contributed by atoms with E-state index in [2.05, 4.69) is 15.1 Å². The predicted octanol–water partition coefficient (Wildman–Crippen LogP) is 3.40. The number of anilines is 1. The van der Waals surface area contributed by atoms with Gasteiger partial charge < -0.3 is 15.1 Å². The molecule has 6 heteroatoms. The van der Waals surface area contributed by atoms with Gasteiger partial charge in [0.2, 0.25) is 5.91 Å². The number of carbonyl (C=O) groups excluding carboxylic acids is 2. The van der Waals surface area contributed by atoms with Crippen molar-refractivity contribution in [2.75, 3.05) is 50.7 Å². The fraction of sp³-hybridized carbons (Fsp3) is 0.481. The number of likely N-dealkylation sites (tertiary alicyclic amines) is 2. The van der Waals surface area contributed by atoms with Crippen LogP contribution in [0.25, 0.3) is 0 Å². The SMILES string of the molecule is O=C(NCCN1CCCCC1)C(CN1CCCC1)N(C(=O)c1ccccc1)c1ccccc1. The van der Waals surface area contributed by atoms with E-state index < -0.39 is 6.04 Å². The Balaban J connectivity index is 1.55. The molecule has 2 aliphatic rings. The number of amides is 2. The van der Waals surface area contributed by atoms with Gasteiger partial charge in [-0.2, -0.15) is 0 Å². The van der Waals surface area contributed by atoms with Crippen molar-refractivity contribution < 1.29 is 9.59 Å². The molecule has 0 radical (unpaired) electrons. The second kappa shape index (κ2) is 12.0. The van der Waals surface area contributed by atoms with Crippen molar-refractivity contribution in [3.8, 4) is 0 Å². The molecule has 0 spiro atoms. The Morgan fingerprint density at radius 1 is 0.788 bits per heavy atom. The molecular formula is C27H36N4O2.